The summed E-state index contributed by atoms with van der Waals surface area (Å²) in [7, 11) is 1.43. The first-order chi connectivity index (χ1) is 42.0. The summed E-state index contributed by atoms with van der Waals surface area (Å²) in [6, 6.07) is 0. The summed E-state index contributed by atoms with van der Waals surface area (Å²) < 4.78 is 34.6. The Bertz CT molecular complexity index is 2150. The van der Waals surface area contributed by atoms with Crippen LogP contribution < -0.4 is 0 Å². The molecular formula is C76H121NO8P+. The number of hydrogen-bond acceptors (Lipinski definition) is 7. The minimum absolute atomic E-state index is 0.0148. The zero-order valence-corrected chi connectivity index (χ0v) is 55.6. The average molecular weight is 1210 g/mol. The number of phosphoric ester groups is 1. The topological polar surface area (TPSA) is 108 Å². The van der Waals surface area contributed by atoms with Crippen molar-refractivity contribution in [2.45, 2.75) is 225 Å². The van der Waals surface area contributed by atoms with Gasteiger partial charge in [-0.3, -0.25) is 18.6 Å². The molecule has 0 bridgehead atoms. The molecule has 0 aromatic rings. The third-order valence-electron chi connectivity index (χ3n) is 13.1. The molecule has 0 fully saturated rings. The van der Waals surface area contributed by atoms with Crippen molar-refractivity contribution in [3.63, 3.8) is 0 Å². The number of esters is 2. The highest BCUT2D eigenvalue weighted by molar-refractivity contribution is 7.47. The van der Waals surface area contributed by atoms with Crippen molar-refractivity contribution in [2.24, 2.45) is 0 Å². The molecule has 10 heteroatoms. The Hall–Kier alpha value is -5.15. The van der Waals surface area contributed by atoms with E-state index in [4.69, 9.17) is 18.5 Å². The van der Waals surface area contributed by atoms with Gasteiger partial charge in [-0.2, -0.15) is 0 Å². The number of allylic oxidation sites excluding steroid dienone is 32. The molecule has 0 rings (SSSR count). The van der Waals surface area contributed by atoms with E-state index in [0.29, 0.717) is 23.9 Å². The molecule has 1 N–H and O–H groups in total. The number of nitrogens with zero attached hydrogens (tertiary/aromatic N) is 1. The lowest BCUT2D eigenvalue weighted by Crippen LogP contribution is -2.37. The fourth-order valence-electron chi connectivity index (χ4n) is 8.10. The fraction of sp³-hybridized carbons (Fsp3) is 0.553. The number of unbranched alkanes of at least 4 members (excludes halogenated alkanes) is 12. The molecular weight excluding hydrogens is 1090 g/mol. The van der Waals surface area contributed by atoms with Crippen molar-refractivity contribution in [3.05, 3.63) is 194 Å². The van der Waals surface area contributed by atoms with Gasteiger partial charge in [0.25, 0.3) is 0 Å². The first kappa shape index (κ1) is 80.8. The smallest absolute Gasteiger partial charge is 0.462 e. The van der Waals surface area contributed by atoms with Crippen molar-refractivity contribution >= 4 is 19.8 Å². The van der Waals surface area contributed by atoms with Crippen molar-refractivity contribution < 1.29 is 42.1 Å². The van der Waals surface area contributed by atoms with E-state index in [0.717, 1.165) is 167 Å². The Kier molecular flexibility index (Phi) is 60.5. The second-order valence-corrected chi connectivity index (χ2v) is 23.8. The van der Waals surface area contributed by atoms with Crippen LogP contribution in [0.4, 0.5) is 0 Å². The minimum Gasteiger partial charge on any atom is -0.462 e. The first-order valence-corrected chi connectivity index (χ1v) is 34.7. The van der Waals surface area contributed by atoms with Crippen LogP contribution in [0.2, 0.25) is 0 Å². The van der Waals surface area contributed by atoms with Gasteiger partial charge < -0.3 is 18.9 Å². The lowest BCUT2D eigenvalue weighted by Gasteiger charge is -2.24. The van der Waals surface area contributed by atoms with Gasteiger partial charge in [0.2, 0.25) is 0 Å². The van der Waals surface area contributed by atoms with Gasteiger partial charge in [0.05, 0.1) is 27.7 Å². The van der Waals surface area contributed by atoms with Gasteiger partial charge >= 0.3 is 19.8 Å². The summed E-state index contributed by atoms with van der Waals surface area (Å²) in [6.07, 6.45) is 101. The predicted octanol–water partition coefficient (Wildman–Crippen LogP) is 21.7. The Morgan fingerprint density at radius 2 is 0.628 bits per heavy atom. The molecule has 0 heterocycles. The highest BCUT2D eigenvalue weighted by atomic mass is 31.2. The summed E-state index contributed by atoms with van der Waals surface area (Å²) in [6.45, 7) is 4.14. The monoisotopic (exact) mass is 1210 g/mol. The van der Waals surface area contributed by atoms with Crippen LogP contribution in [0.3, 0.4) is 0 Å². The van der Waals surface area contributed by atoms with Crippen LogP contribution in [-0.2, 0) is 32.7 Å². The summed E-state index contributed by atoms with van der Waals surface area (Å²) in [5.41, 5.74) is 0. The van der Waals surface area contributed by atoms with E-state index in [1.54, 1.807) is 0 Å². The van der Waals surface area contributed by atoms with E-state index in [-0.39, 0.29) is 26.1 Å². The molecule has 0 aliphatic rings. The van der Waals surface area contributed by atoms with Gasteiger partial charge in [-0.25, -0.2) is 4.57 Å². The first-order valence-electron chi connectivity index (χ1n) is 33.2. The fourth-order valence-corrected chi connectivity index (χ4v) is 8.85. The third kappa shape index (κ3) is 68.0. The van der Waals surface area contributed by atoms with Gasteiger partial charge in [0, 0.05) is 12.8 Å². The molecule has 0 aliphatic carbocycles. The molecule has 2 unspecified atom stereocenters. The van der Waals surface area contributed by atoms with E-state index in [1.807, 2.05) is 21.1 Å². The number of carbonyl (C=O) groups is 2. The molecule has 0 aromatic carbocycles. The van der Waals surface area contributed by atoms with Gasteiger partial charge in [-0.1, -0.05) is 260 Å². The SMILES string of the molecule is CC/C=C\C/C=C\C/C=C\C/C=C\C/C=C\C/C=C\C/C=C\C/C=C\C/C=C\C/C=C\C/C=C\CCCCCCCCCC(=O)OC(COC(=O)CCCCCCC/C=C\C/C=C\C/C=C\C/C=C\C/C=C\CC)COP(=O)(O)OCC[N+](C)(C)C. The largest absolute Gasteiger partial charge is 0.472 e. The van der Waals surface area contributed by atoms with Crippen LogP contribution in [0.25, 0.3) is 0 Å². The Balaban J connectivity index is 4.19. The average Bonchev–Trinajstić information content (AvgIpc) is 3.70. The van der Waals surface area contributed by atoms with Crippen LogP contribution >= 0.6 is 7.82 Å². The minimum atomic E-state index is -4.41. The van der Waals surface area contributed by atoms with Crippen LogP contribution in [-0.4, -0.2) is 74.9 Å². The molecule has 0 aromatic heterocycles. The van der Waals surface area contributed by atoms with Crippen molar-refractivity contribution in [3.8, 4) is 0 Å². The maximum absolute atomic E-state index is 12.9. The summed E-state index contributed by atoms with van der Waals surface area (Å²) in [4.78, 5) is 35.8. The standard InChI is InChI=1S/C76H120NO8P/c1-6-8-10-12-14-16-18-20-22-24-26-28-29-30-31-32-33-34-35-36-37-38-39-40-41-42-43-44-45-46-47-49-51-53-55-57-59-61-63-65-67-69-76(79)85-74(73-84-86(80,81)83-71-70-77(3,4)5)72-82-75(78)68-66-64-62-60-58-56-54-52-50-48-27-25-23-21-19-17-15-13-11-9-7-2/h8-11,14-17,20-23,26-28,30-31,33-34,36-37,39-40,42-43,45-46,48-49,51-52,54,74H,6-7,12-13,18-19,24-25,29,32,35,38,41,44,47,50,53,55-73H2,1-5H3/p+1/b10-8-,11-9-,16-14-,17-15-,22-20-,23-21-,28-26-,31-30-,34-33-,37-36-,40-39-,43-42-,46-45-,48-27-,51-49-,54-52-. The lowest BCUT2D eigenvalue weighted by atomic mass is 10.1. The molecule has 0 saturated heterocycles. The number of rotatable bonds is 58. The number of hydrogen-bond donors (Lipinski definition) is 1. The molecule has 9 nitrogen and oxygen atoms in total. The highest BCUT2D eigenvalue weighted by Crippen LogP contribution is 2.43. The van der Waals surface area contributed by atoms with Crippen LogP contribution in [0, 0.1) is 0 Å². The van der Waals surface area contributed by atoms with E-state index < -0.39 is 32.5 Å². The summed E-state index contributed by atoms with van der Waals surface area (Å²) >= 11 is 0. The molecule has 482 valence electrons. The van der Waals surface area contributed by atoms with E-state index in [2.05, 4.69) is 208 Å². The number of ether oxygens (including phenoxy) is 2. The molecule has 86 heavy (non-hydrogen) atoms. The summed E-state index contributed by atoms with van der Waals surface area (Å²) in [5, 5.41) is 0. The van der Waals surface area contributed by atoms with E-state index in [9.17, 15) is 19.0 Å². The molecule has 0 radical (unpaired) electrons. The van der Waals surface area contributed by atoms with Crippen LogP contribution in [0.1, 0.15) is 219 Å². The maximum Gasteiger partial charge on any atom is 0.472 e. The zero-order valence-electron chi connectivity index (χ0n) is 54.7. The molecule has 0 amide bonds. The van der Waals surface area contributed by atoms with Gasteiger partial charge in [0.1, 0.15) is 19.8 Å². The van der Waals surface area contributed by atoms with E-state index >= 15 is 0 Å². The van der Waals surface area contributed by atoms with Crippen molar-refractivity contribution in [2.75, 3.05) is 47.5 Å². The Labute approximate surface area is 526 Å². The molecule has 0 saturated carbocycles. The number of quaternary nitrogens is 1. The van der Waals surface area contributed by atoms with Crippen molar-refractivity contribution in [1.29, 1.82) is 0 Å². The van der Waals surface area contributed by atoms with Gasteiger partial charge in [-0.05, 0) is 141 Å². The Morgan fingerprint density at radius 1 is 0.360 bits per heavy atom. The summed E-state index contributed by atoms with van der Waals surface area (Å²) in [5.74, 6) is -0.848. The van der Waals surface area contributed by atoms with Crippen molar-refractivity contribution in [1.82, 2.24) is 0 Å². The molecule has 0 spiro atoms. The Morgan fingerprint density at radius 3 is 0.930 bits per heavy atom. The lowest BCUT2D eigenvalue weighted by molar-refractivity contribution is -0.870. The highest BCUT2D eigenvalue weighted by Gasteiger charge is 2.27. The number of likely N-dealkylation sites (N-methyl/N-ethyl adjacent to an activating group) is 1. The van der Waals surface area contributed by atoms with E-state index in [1.165, 1.54) is 12.8 Å². The zero-order chi connectivity index (χ0) is 62.6. The maximum atomic E-state index is 12.9. The predicted molar refractivity (Wildman–Crippen MR) is 371 cm³/mol. The number of carbonyl (C=O) groups excluding carboxylic acids is 2. The second kappa shape index (κ2) is 64.3. The van der Waals surface area contributed by atoms with Gasteiger partial charge in [0.15, 0.2) is 6.10 Å². The number of phosphoric acid groups is 1. The normalized spacial score (nSPS) is 14.4. The van der Waals surface area contributed by atoms with Crippen LogP contribution in [0.15, 0.2) is 194 Å². The second-order valence-electron chi connectivity index (χ2n) is 22.4. The molecule has 0 aliphatic heterocycles. The molecule has 2 atom stereocenters. The quantitative estimate of drug-likeness (QED) is 0.0211. The van der Waals surface area contributed by atoms with Gasteiger partial charge in [-0.15, -0.1) is 0 Å². The third-order valence-corrected chi connectivity index (χ3v) is 14.1. The van der Waals surface area contributed by atoms with Crippen LogP contribution in [0.5, 0.6) is 0 Å².